The average Bonchev–Trinajstić information content (AvgIpc) is 3.85. The molecule has 52 heavy (non-hydrogen) atoms. The van der Waals surface area contributed by atoms with Crippen LogP contribution in [0.5, 0.6) is 5.75 Å². The molecule has 0 spiro atoms. The summed E-state index contributed by atoms with van der Waals surface area (Å²) in [5, 5.41) is 16.4. The van der Waals surface area contributed by atoms with Gasteiger partial charge in [-0.1, -0.05) is 50.3 Å². The summed E-state index contributed by atoms with van der Waals surface area (Å²) in [5.41, 5.74) is 7.30. The van der Waals surface area contributed by atoms with Crippen LogP contribution in [0.2, 0.25) is 0 Å². The summed E-state index contributed by atoms with van der Waals surface area (Å²) >= 11 is 0. The number of fused-ring (bicyclic) bond motifs is 7. The van der Waals surface area contributed by atoms with Crippen molar-refractivity contribution >= 4 is 40.4 Å². The standard InChI is InChI=1S/C43H48N4O5/c1-46-23-20-30-26-47-36-24-29(41(50)45-43(21-6-7-22-43)42(51)44-31-14-10-27(11-15-31)12-19-37(48)49)13-17-34(36)38(28-8-4-3-5-9-28)40(47)33-18-16-32(52-2)25-35(33)39(30)46/h10-19,24-25,28,30,39H,3-9,20-23,26H2,1-2H3,(H,44,51)(H,45,50)(H,48,49). The fourth-order valence-corrected chi connectivity index (χ4v) is 9.65. The Morgan fingerprint density at radius 2 is 1.69 bits per heavy atom. The summed E-state index contributed by atoms with van der Waals surface area (Å²) in [7, 11) is 3.98. The number of aromatic nitrogens is 1. The molecule has 3 heterocycles. The molecule has 1 aromatic heterocycles. The van der Waals surface area contributed by atoms with Gasteiger partial charge in [0.25, 0.3) is 5.91 Å². The van der Waals surface area contributed by atoms with Gasteiger partial charge in [-0.25, -0.2) is 4.79 Å². The second-order valence-electron chi connectivity index (χ2n) is 15.4. The number of hydrogen-bond acceptors (Lipinski definition) is 5. The third-order valence-electron chi connectivity index (χ3n) is 12.2. The highest BCUT2D eigenvalue weighted by Crippen LogP contribution is 2.51. The first kappa shape index (κ1) is 34.2. The minimum Gasteiger partial charge on any atom is -0.497 e. The Hall–Kier alpha value is -4.89. The van der Waals surface area contributed by atoms with E-state index in [9.17, 15) is 14.4 Å². The smallest absolute Gasteiger partial charge is 0.328 e. The molecular weight excluding hydrogens is 652 g/mol. The molecule has 2 unspecified atom stereocenters. The number of carbonyl (C=O) groups excluding carboxylic acids is 2. The van der Waals surface area contributed by atoms with E-state index in [0.29, 0.717) is 47.5 Å². The molecule has 3 fully saturated rings. The van der Waals surface area contributed by atoms with Crippen molar-refractivity contribution in [1.29, 1.82) is 0 Å². The van der Waals surface area contributed by atoms with Crippen LogP contribution in [0.1, 0.15) is 103 Å². The second kappa shape index (κ2) is 13.9. The second-order valence-corrected chi connectivity index (χ2v) is 15.4. The molecule has 2 atom stereocenters. The number of carboxylic acids is 1. The third-order valence-corrected chi connectivity index (χ3v) is 12.2. The van der Waals surface area contributed by atoms with E-state index < -0.39 is 11.5 Å². The van der Waals surface area contributed by atoms with Crippen LogP contribution in [0.3, 0.4) is 0 Å². The molecule has 2 aliphatic heterocycles. The normalized spacial score (nSPS) is 21.3. The summed E-state index contributed by atoms with van der Waals surface area (Å²) in [6, 6.07) is 20.1. The summed E-state index contributed by atoms with van der Waals surface area (Å²) in [6.45, 7) is 1.92. The fourth-order valence-electron chi connectivity index (χ4n) is 9.65. The Kier molecular flexibility index (Phi) is 9.16. The molecule has 4 aliphatic rings. The van der Waals surface area contributed by atoms with Gasteiger partial charge in [0.2, 0.25) is 5.91 Å². The maximum Gasteiger partial charge on any atom is 0.328 e. The zero-order valence-corrected chi connectivity index (χ0v) is 30.1. The number of carboxylic acid groups (broad SMARTS) is 1. The quantitative estimate of drug-likeness (QED) is 0.160. The number of benzene rings is 3. The van der Waals surface area contributed by atoms with E-state index in [2.05, 4.69) is 57.5 Å². The number of nitrogens with zero attached hydrogens (tertiary/aromatic N) is 2. The van der Waals surface area contributed by atoms with Crippen LogP contribution in [0.4, 0.5) is 5.69 Å². The largest absolute Gasteiger partial charge is 0.497 e. The number of rotatable bonds is 8. The van der Waals surface area contributed by atoms with Gasteiger partial charge in [-0.3, -0.25) is 14.5 Å². The van der Waals surface area contributed by atoms with Crippen LogP contribution >= 0.6 is 0 Å². The lowest BCUT2D eigenvalue weighted by Gasteiger charge is -2.29. The molecule has 0 radical (unpaired) electrons. The number of hydrogen-bond donors (Lipinski definition) is 3. The molecule has 4 aromatic rings. The number of likely N-dealkylation sites (tertiary alicyclic amines) is 1. The average molecular weight is 701 g/mol. The lowest BCUT2D eigenvalue weighted by molar-refractivity contribution is -0.131. The van der Waals surface area contributed by atoms with Crippen molar-refractivity contribution in [3.63, 3.8) is 0 Å². The Bertz CT molecular complexity index is 2050. The van der Waals surface area contributed by atoms with Gasteiger partial charge in [0.05, 0.1) is 12.8 Å². The number of anilines is 1. The fraction of sp³-hybridized carbons (Fsp3) is 0.419. The van der Waals surface area contributed by atoms with E-state index in [4.69, 9.17) is 9.84 Å². The van der Waals surface area contributed by atoms with Crippen molar-refractivity contribution in [2.45, 2.75) is 88.3 Å². The molecule has 8 rings (SSSR count). The lowest BCUT2D eigenvalue weighted by Crippen LogP contribution is -2.55. The lowest BCUT2D eigenvalue weighted by atomic mass is 9.81. The number of methoxy groups -OCH3 is 1. The Morgan fingerprint density at radius 1 is 0.923 bits per heavy atom. The van der Waals surface area contributed by atoms with Gasteiger partial charge in [-0.2, -0.15) is 0 Å². The van der Waals surface area contributed by atoms with Gasteiger partial charge in [-0.05, 0) is 123 Å². The molecule has 2 amide bonds. The SMILES string of the molecule is COc1ccc2c(c1)C1C(CCN1C)Cn1c-2c(C2CCCCC2)c2ccc(C(=O)NC3(C(=O)Nc4ccc(C=CC(=O)O)cc4)CCCC3)cc21. The van der Waals surface area contributed by atoms with Crippen LogP contribution in [0.25, 0.3) is 28.2 Å². The number of nitrogens with one attached hydrogen (secondary N) is 2. The van der Waals surface area contributed by atoms with E-state index in [1.165, 1.54) is 66.0 Å². The van der Waals surface area contributed by atoms with Crippen molar-refractivity contribution in [3.05, 3.63) is 89.0 Å². The first-order valence-corrected chi connectivity index (χ1v) is 18.9. The minimum absolute atomic E-state index is 0.229. The monoisotopic (exact) mass is 700 g/mol. The summed E-state index contributed by atoms with van der Waals surface area (Å²) in [5.74, 6) is 0.292. The van der Waals surface area contributed by atoms with Gasteiger partial charge in [0, 0.05) is 46.4 Å². The predicted molar refractivity (Wildman–Crippen MR) is 204 cm³/mol. The van der Waals surface area contributed by atoms with E-state index in [0.717, 1.165) is 49.7 Å². The van der Waals surface area contributed by atoms with E-state index in [1.54, 1.807) is 31.4 Å². The van der Waals surface area contributed by atoms with E-state index >= 15 is 0 Å². The third kappa shape index (κ3) is 6.19. The molecule has 9 nitrogen and oxygen atoms in total. The van der Waals surface area contributed by atoms with Crippen LogP contribution in [-0.2, 0) is 16.1 Å². The Morgan fingerprint density at radius 3 is 2.42 bits per heavy atom. The highest BCUT2D eigenvalue weighted by molar-refractivity contribution is 6.06. The van der Waals surface area contributed by atoms with Crippen molar-refractivity contribution in [1.82, 2.24) is 14.8 Å². The zero-order valence-electron chi connectivity index (χ0n) is 30.1. The maximum absolute atomic E-state index is 14.2. The van der Waals surface area contributed by atoms with Crippen molar-refractivity contribution < 1.29 is 24.2 Å². The van der Waals surface area contributed by atoms with Crippen LogP contribution in [-0.4, -0.2) is 58.6 Å². The van der Waals surface area contributed by atoms with Crippen LogP contribution < -0.4 is 15.4 Å². The van der Waals surface area contributed by atoms with Crippen molar-refractivity contribution in [2.75, 3.05) is 26.0 Å². The van der Waals surface area contributed by atoms with Crippen LogP contribution in [0.15, 0.2) is 66.7 Å². The zero-order chi connectivity index (χ0) is 36.0. The van der Waals surface area contributed by atoms with Gasteiger partial charge in [0.1, 0.15) is 11.3 Å². The van der Waals surface area contributed by atoms with Gasteiger partial charge in [-0.15, -0.1) is 0 Å². The van der Waals surface area contributed by atoms with Gasteiger partial charge < -0.3 is 25.0 Å². The molecule has 270 valence electrons. The molecule has 9 heteroatoms. The van der Waals surface area contributed by atoms with Crippen molar-refractivity contribution in [2.24, 2.45) is 5.92 Å². The summed E-state index contributed by atoms with van der Waals surface area (Å²) in [6.07, 6.45) is 12.6. The predicted octanol–water partition coefficient (Wildman–Crippen LogP) is 8.15. The number of aliphatic carboxylic acids is 1. The number of carbonyl (C=O) groups is 3. The van der Waals surface area contributed by atoms with Gasteiger partial charge in [0.15, 0.2) is 0 Å². The number of amides is 2. The maximum atomic E-state index is 14.2. The summed E-state index contributed by atoms with van der Waals surface area (Å²) < 4.78 is 8.28. The van der Waals surface area contributed by atoms with E-state index in [-0.39, 0.29) is 11.8 Å². The first-order valence-electron chi connectivity index (χ1n) is 18.9. The van der Waals surface area contributed by atoms with Crippen molar-refractivity contribution in [3.8, 4) is 17.0 Å². The van der Waals surface area contributed by atoms with E-state index in [1.807, 2.05) is 6.07 Å². The van der Waals surface area contributed by atoms with Crippen LogP contribution in [0, 0.1) is 5.92 Å². The highest BCUT2D eigenvalue weighted by Gasteiger charge is 2.43. The highest BCUT2D eigenvalue weighted by atomic mass is 16.5. The minimum atomic E-state index is -1.02. The van der Waals surface area contributed by atoms with Gasteiger partial charge >= 0.3 is 5.97 Å². The topological polar surface area (TPSA) is 113 Å². The molecular formula is C43H48N4O5. The Balaban J connectivity index is 1.15. The molecule has 0 bridgehead atoms. The molecule has 2 aliphatic carbocycles. The molecule has 2 saturated carbocycles. The molecule has 3 aromatic carbocycles. The molecule has 1 saturated heterocycles. The first-order chi connectivity index (χ1) is 25.2. The number of ether oxygens (including phenoxy) is 1. The Labute approximate surface area is 305 Å². The molecule has 3 N–H and O–H groups in total. The summed E-state index contributed by atoms with van der Waals surface area (Å²) in [4.78, 5) is 41.5.